The van der Waals surface area contributed by atoms with Crippen molar-refractivity contribution in [1.29, 1.82) is 0 Å². The average Bonchev–Trinajstić information content (AvgIpc) is 2.40. The summed E-state index contributed by atoms with van der Waals surface area (Å²) in [4.78, 5) is 16.0. The van der Waals surface area contributed by atoms with Gasteiger partial charge in [0.05, 0.1) is 13.7 Å². The Bertz CT molecular complexity index is 397. The van der Waals surface area contributed by atoms with Gasteiger partial charge < -0.3 is 15.2 Å². The molecule has 0 aliphatic heterocycles. The third-order valence-electron chi connectivity index (χ3n) is 2.61. The lowest BCUT2D eigenvalue weighted by atomic mass is 10.2. The number of methoxy groups -OCH3 is 1. The van der Waals surface area contributed by atoms with Crippen molar-refractivity contribution in [2.24, 2.45) is 0 Å². The quantitative estimate of drug-likeness (QED) is 0.804. The standard InChI is InChI=1S/C12H18N2O3S/c1-8(10(7-15)18-3)14-11(16)9-5-4-6-13-12(9)17-2/h4-6,8,10,15H,7H2,1-3H3,(H,14,16). The van der Waals surface area contributed by atoms with Gasteiger partial charge in [-0.1, -0.05) is 0 Å². The van der Waals surface area contributed by atoms with Gasteiger partial charge in [-0.25, -0.2) is 4.98 Å². The molecule has 18 heavy (non-hydrogen) atoms. The molecule has 100 valence electrons. The van der Waals surface area contributed by atoms with Gasteiger partial charge >= 0.3 is 0 Å². The maximum atomic E-state index is 12.0. The summed E-state index contributed by atoms with van der Waals surface area (Å²) in [5, 5.41) is 12.0. The molecule has 1 amide bonds. The van der Waals surface area contributed by atoms with Crippen molar-refractivity contribution in [3.05, 3.63) is 23.9 Å². The number of aliphatic hydroxyl groups excluding tert-OH is 1. The number of rotatable bonds is 6. The maximum absolute atomic E-state index is 12.0. The van der Waals surface area contributed by atoms with E-state index in [9.17, 15) is 9.90 Å². The number of pyridine rings is 1. The number of nitrogens with zero attached hydrogens (tertiary/aromatic N) is 1. The van der Waals surface area contributed by atoms with Crippen LogP contribution in [0.2, 0.25) is 0 Å². The van der Waals surface area contributed by atoms with Crippen LogP contribution in [0.15, 0.2) is 18.3 Å². The topological polar surface area (TPSA) is 71.5 Å². The molecule has 2 unspecified atom stereocenters. The van der Waals surface area contributed by atoms with Crippen LogP contribution in [0.1, 0.15) is 17.3 Å². The fourth-order valence-electron chi connectivity index (χ4n) is 1.54. The molecule has 6 heteroatoms. The third-order valence-corrected chi connectivity index (χ3v) is 3.77. The summed E-state index contributed by atoms with van der Waals surface area (Å²) < 4.78 is 5.03. The minimum atomic E-state index is -0.250. The Balaban J connectivity index is 2.76. The highest BCUT2D eigenvalue weighted by Gasteiger charge is 2.20. The Hall–Kier alpha value is -1.27. The van der Waals surface area contributed by atoms with Crippen molar-refractivity contribution >= 4 is 17.7 Å². The predicted octanol–water partition coefficient (Wildman–Crippen LogP) is 0.932. The van der Waals surface area contributed by atoms with Gasteiger partial charge in [0.1, 0.15) is 5.56 Å². The second kappa shape index (κ2) is 7.23. The SMILES string of the molecule is COc1ncccc1C(=O)NC(C)C(CO)SC. The highest BCUT2D eigenvalue weighted by atomic mass is 32.2. The normalized spacial score (nSPS) is 13.8. The number of hydrogen-bond acceptors (Lipinski definition) is 5. The smallest absolute Gasteiger partial charge is 0.257 e. The number of thioether (sulfide) groups is 1. The lowest BCUT2D eigenvalue weighted by molar-refractivity contribution is 0.0932. The van der Waals surface area contributed by atoms with Gasteiger partial charge in [-0.3, -0.25) is 4.79 Å². The van der Waals surface area contributed by atoms with Crippen LogP contribution in [0.5, 0.6) is 5.88 Å². The molecule has 0 fully saturated rings. The highest BCUT2D eigenvalue weighted by Crippen LogP contribution is 2.15. The van der Waals surface area contributed by atoms with E-state index in [1.807, 2.05) is 13.2 Å². The summed E-state index contributed by atoms with van der Waals surface area (Å²) in [5.74, 6) is 0.0480. The minimum absolute atomic E-state index is 0.0206. The number of amides is 1. The fraction of sp³-hybridized carbons (Fsp3) is 0.500. The zero-order chi connectivity index (χ0) is 13.5. The van der Waals surface area contributed by atoms with Crippen molar-refractivity contribution in [2.75, 3.05) is 20.0 Å². The monoisotopic (exact) mass is 270 g/mol. The number of aromatic nitrogens is 1. The van der Waals surface area contributed by atoms with Crippen LogP contribution in [0, 0.1) is 0 Å². The molecule has 1 rings (SSSR count). The number of carbonyl (C=O) groups excluding carboxylic acids is 1. The second-order valence-electron chi connectivity index (χ2n) is 3.78. The van der Waals surface area contributed by atoms with Crippen LogP contribution in [0.3, 0.4) is 0 Å². The molecule has 1 heterocycles. The summed E-state index contributed by atoms with van der Waals surface area (Å²) in [6, 6.07) is 3.20. The molecule has 2 atom stereocenters. The number of carbonyl (C=O) groups is 1. The highest BCUT2D eigenvalue weighted by molar-refractivity contribution is 7.99. The molecule has 1 aromatic heterocycles. The number of hydrogen-bond donors (Lipinski definition) is 2. The predicted molar refractivity (Wildman–Crippen MR) is 72.1 cm³/mol. The Morgan fingerprint density at radius 3 is 2.94 bits per heavy atom. The molecule has 0 bridgehead atoms. The summed E-state index contributed by atoms with van der Waals surface area (Å²) in [5.41, 5.74) is 0.393. The fourth-order valence-corrected chi connectivity index (χ4v) is 2.17. The summed E-state index contributed by atoms with van der Waals surface area (Å²) in [6.07, 6.45) is 3.46. The van der Waals surface area contributed by atoms with Crippen LogP contribution in [0.4, 0.5) is 0 Å². The average molecular weight is 270 g/mol. The largest absolute Gasteiger partial charge is 0.480 e. The first-order chi connectivity index (χ1) is 8.63. The second-order valence-corrected chi connectivity index (χ2v) is 4.86. The summed E-state index contributed by atoms with van der Waals surface area (Å²) >= 11 is 1.51. The van der Waals surface area contributed by atoms with E-state index in [0.29, 0.717) is 11.4 Å². The van der Waals surface area contributed by atoms with Gasteiger partial charge in [0.15, 0.2) is 0 Å². The van der Waals surface area contributed by atoms with Crippen LogP contribution >= 0.6 is 11.8 Å². The first kappa shape index (κ1) is 14.8. The van der Waals surface area contributed by atoms with Gasteiger partial charge in [0, 0.05) is 17.5 Å². The Morgan fingerprint density at radius 2 is 2.39 bits per heavy atom. The maximum Gasteiger partial charge on any atom is 0.257 e. The van der Waals surface area contributed by atoms with Crippen molar-refractivity contribution in [3.8, 4) is 5.88 Å². The molecule has 0 radical (unpaired) electrons. The van der Waals surface area contributed by atoms with Gasteiger partial charge in [-0.15, -0.1) is 0 Å². The van der Waals surface area contributed by atoms with Crippen molar-refractivity contribution in [1.82, 2.24) is 10.3 Å². The minimum Gasteiger partial charge on any atom is -0.480 e. The van der Waals surface area contributed by atoms with E-state index in [2.05, 4.69) is 10.3 Å². The first-order valence-corrected chi connectivity index (χ1v) is 6.86. The van der Waals surface area contributed by atoms with Crippen LogP contribution in [-0.4, -0.2) is 47.3 Å². The van der Waals surface area contributed by atoms with E-state index in [4.69, 9.17) is 4.74 Å². The molecule has 1 aromatic rings. The van der Waals surface area contributed by atoms with E-state index in [0.717, 1.165) is 0 Å². The third kappa shape index (κ3) is 3.61. The molecule has 0 aromatic carbocycles. The zero-order valence-corrected chi connectivity index (χ0v) is 11.5. The number of aliphatic hydroxyl groups is 1. The van der Waals surface area contributed by atoms with Gasteiger partial charge in [-0.2, -0.15) is 11.8 Å². The van der Waals surface area contributed by atoms with Crippen molar-refractivity contribution in [2.45, 2.75) is 18.2 Å². The molecule has 2 N–H and O–H groups in total. The molecular formula is C12H18N2O3S. The Morgan fingerprint density at radius 1 is 1.67 bits per heavy atom. The molecule has 0 saturated carbocycles. The molecule has 0 aliphatic rings. The number of ether oxygens (including phenoxy) is 1. The first-order valence-electron chi connectivity index (χ1n) is 5.57. The van der Waals surface area contributed by atoms with E-state index < -0.39 is 0 Å². The lowest BCUT2D eigenvalue weighted by Gasteiger charge is -2.21. The molecule has 0 saturated heterocycles. The van der Waals surface area contributed by atoms with E-state index >= 15 is 0 Å². The van der Waals surface area contributed by atoms with Gasteiger partial charge in [0.25, 0.3) is 5.91 Å². The zero-order valence-electron chi connectivity index (χ0n) is 10.7. The van der Waals surface area contributed by atoms with E-state index in [-0.39, 0.29) is 23.8 Å². The number of nitrogens with one attached hydrogen (secondary N) is 1. The summed E-state index contributed by atoms with van der Waals surface area (Å²) in [6.45, 7) is 1.88. The van der Waals surface area contributed by atoms with Crippen molar-refractivity contribution < 1.29 is 14.6 Å². The molecule has 5 nitrogen and oxygen atoms in total. The Labute approximate surface area is 111 Å². The molecular weight excluding hydrogens is 252 g/mol. The molecule has 0 aliphatic carbocycles. The Kier molecular flexibility index (Phi) is 5.94. The lowest BCUT2D eigenvalue weighted by Crippen LogP contribution is -2.41. The van der Waals surface area contributed by atoms with Crippen LogP contribution in [0.25, 0.3) is 0 Å². The van der Waals surface area contributed by atoms with E-state index in [1.165, 1.54) is 18.9 Å². The van der Waals surface area contributed by atoms with E-state index in [1.54, 1.807) is 18.3 Å². The summed E-state index contributed by atoms with van der Waals surface area (Å²) in [7, 11) is 1.47. The van der Waals surface area contributed by atoms with Crippen LogP contribution in [-0.2, 0) is 0 Å². The van der Waals surface area contributed by atoms with Gasteiger partial charge in [-0.05, 0) is 25.3 Å². The van der Waals surface area contributed by atoms with Crippen LogP contribution < -0.4 is 10.1 Å². The molecule has 0 spiro atoms. The van der Waals surface area contributed by atoms with Crippen molar-refractivity contribution in [3.63, 3.8) is 0 Å². The van der Waals surface area contributed by atoms with Gasteiger partial charge in [0.2, 0.25) is 5.88 Å².